The molecule has 1 aliphatic heterocycles. The fourth-order valence-corrected chi connectivity index (χ4v) is 4.27. The third-order valence-corrected chi connectivity index (χ3v) is 6.97. The normalized spacial score (nSPS) is 19.2. The van der Waals surface area contributed by atoms with E-state index < -0.39 is 33.6 Å². The van der Waals surface area contributed by atoms with Gasteiger partial charge in [-0.2, -0.15) is 0 Å². The highest BCUT2D eigenvalue weighted by Gasteiger charge is 2.35. The van der Waals surface area contributed by atoms with Gasteiger partial charge in [-0.05, 0) is 33.8 Å². The summed E-state index contributed by atoms with van der Waals surface area (Å²) in [5.74, 6) is -2.40. The third kappa shape index (κ3) is 4.71. The van der Waals surface area contributed by atoms with Gasteiger partial charge in [0.15, 0.2) is 5.52 Å². The first-order valence-corrected chi connectivity index (χ1v) is 11.2. The summed E-state index contributed by atoms with van der Waals surface area (Å²) < 4.78 is 43.6. The highest BCUT2D eigenvalue weighted by atomic mass is 35.5. The van der Waals surface area contributed by atoms with E-state index >= 15 is 0 Å². The van der Waals surface area contributed by atoms with Crippen molar-refractivity contribution in [2.24, 2.45) is 7.05 Å². The monoisotopic (exact) mass is 461 g/mol. The molecule has 0 aliphatic carbocycles. The SMILES string of the molecule is C[C@@H](N[S@+]([O-])C(C)(C)C)c1cc(Cl)nc2c(=O)n(C)c(N3CCC(F)(F)CC3)nc12. The summed E-state index contributed by atoms with van der Waals surface area (Å²) >= 11 is 4.79. The van der Waals surface area contributed by atoms with Crippen molar-refractivity contribution >= 4 is 39.9 Å². The number of nitrogens with zero attached hydrogens (tertiary/aromatic N) is 4. The van der Waals surface area contributed by atoms with Crippen LogP contribution in [-0.4, -0.2) is 42.8 Å². The van der Waals surface area contributed by atoms with Gasteiger partial charge in [0.2, 0.25) is 5.95 Å². The van der Waals surface area contributed by atoms with Gasteiger partial charge in [0, 0.05) is 49.9 Å². The summed E-state index contributed by atoms with van der Waals surface area (Å²) in [6.45, 7) is 7.53. The second-order valence-electron chi connectivity index (χ2n) is 8.57. The van der Waals surface area contributed by atoms with E-state index in [-0.39, 0.29) is 36.6 Å². The van der Waals surface area contributed by atoms with Crippen LogP contribution >= 0.6 is 11.6 Å². The number of nitrogens with one attached hydrogen (secondary N) is 1. The van der Waals surface area contributed by atoms with Gasteiger partial charge in [0.1, 0.15) is 15.4 Å². The van der Waals surface area contributed by atoms with Crippen molar-refractivity contribution in [2.75, 3.05) is 18.0 Å². The number of pyridine rings is 1. The van der Waals surface area contributed by atoms with Crippen LogP contribution < -0.4 is 15.2 Å². The summed E-state index contributed by atoms with van der Waals surface area (Å²) in [5, 5.41) is 0.122. The molecule has 3 rings (SSSR count). The Morgan fingerprint density at radius 1 is 1.27 bits per heavy atom. The number of alkyl halides is 2. The maximum absolute atomic E-state index is 13.6. The highest BCUT2D eigenvalue weighted by molar-refractivity contribution is 7.90. The Hall–Kier alpha value is -1.49. The number of hydrogen-bond donors (Lipinski definition) is 1. The lowest BCUT2D eigenvalue weighted by Gasteiger charge is -2.33. The van der Waals surface area contributed by atoms with Crippen LogP contribution in [-0.2, 0) is 18.4 Å². The van der Waals surface area contributed by atoms with Gasteiger partial charge in [-0.15, -0.1) is 4.72 Å². The van der Waals surface area contributed by atoms with E-state index in [1.54, 1.807) is 17.9 Å². The van der Waals surface area contributed by atoms with Crippen LogP contribution in [0.25, 0.3) is 11.0 Å². The number of halogens is 3. The molecule has 3 heterocycles. The lowest BCUT2D eigenvalue weighted by atomic mass is 10.1. The fraction of sp³-hybridized carbons (Fsp3) is 0.632. The zero-order valence-corrected chi connectivity index (χ0v) is 19.2. The minimum atomic E-state index is -2.71. The molecular formula is C19H26ClF2N5O2S. The maximum Gasteiger partial charge on any atom is 0.281 e. The molecule has 1 saturated heterocycles. The predicted octanol–water partition coefficient (Wildman–Crippen LogP) is 3.33. The number of hydrogen-bond acceptors (Lipinski definition) is 6. The first-order valence-electron chi connectivity index (χ1n) is 9.68. The fourth-order valence-electron chi connectivity index (χ4n) is 3.26. The minimum Gasteiger partial charge on any atom is -0.598 e. The van der Waals surface area contributed by atoms with E-state index in [4.69, 9.17) is 11.6 Å². The molecule has 7 nitrogen and oxygen atoms in total. The molecule has 2 aromatic rings. The van der Waals surface area contributed by atoms with E-state index in [1.165, 1.54) is 11.6 Å². The largest absolute Gasteiger partial charge is 0.598 e. The van der Waals surface area contributed by atoms with E-state index in [0.29, 0.717) is 17.0 Å². The van der Waals surface area contributed by atoms with Crippen molar-refractivity contribution in [3.05, 3.63) is 27.1 Å². The van der Waals surface area contributed by atoms with Gasteiger partial charge in [-0.1, -0.05) is 11.6 Å². The molecule has 2 atom stereocenters. The van der Waals surface area contributed by atoms with E-state index in [9.17, 15) is 18.1 Å². The quantitative estimate of drug-likeness (QED) is 0.555. The molecule has 1 fully saturated rings. The molecule has 2 aromatic heterocycles. The minimum absolute atomic E-state index is 0.0845. The first kappa shape index (κ1) is 23.2. The Balaban J connectivity index is 2.08. The summed E-state index contributed by atoms with van der Waals surface area (Å²) in [4.78, 5) is 23.4. The van der Waals surface area contributed by atoms with E-state index in [0.717, 1.165) is 0 Å². The lowest BCUT2D eigenvalue weighted by Crippen LogP contribution is -2.42. The Morgan fingerprint density at radius 2 is 1.87 bits per heavy atom. The molecule has 0 bridgehead atoms. The van der Waals surface area contributed by atoms with Crippen LogP contribution in [0.5, 0.6) is 0 Å². The van der Waals surface area contributed by atoms with Crippen LogP contribution in [0, 0.1) is 0 Å². The number of piperidine rings is 1. The Kier molecular flexibility index (Phi) is 6.35. The zero-order chi connectivity index (χ0) is 22.4. The maximum atomic E-state index is 13.6. The Labute approximate surface area is 182 Å². The van der Waals surface area contributed by atoms with E-state index in [2.05, 4.69) is 14.7 Å². The summed E-state index contributed by atoms with van der Waals surface area (Å²) in [7, 11) is 1.54. The molecule has 1 aliphatic rings. The second kappa shape index (κ2) is 8.22. The first-order chi connectivity index (χ1) is 13.8. The number of anilines is 1. The molecule has 0 unspecified atom stereocenters. The van der Waals surface area contributed by atoms with Crippen LogP contribution in [0.4, 0.5) is 14.7 Å². The van der Waals surface area contributed by atoms with Crippen LogP contribution in [0.2, 0.25) is 5.15 Å². The molecule has 0 radical (unpaired) electrons. The van der Waals surface area contributed by atoms with Gasteiger partial charge in [0.25, 0.3) is 11.5 Å². The zero-order valence-electron chi connectivity index (χ0n) is 17.6. The molecule has 0 amide bonds. The van der Waals surface area contributed by atoms with Crippen molar-refractivity contribution < 1.29 is 13.3 Å². The molecule has 0 aromatic carbocycles. The van der Waals surface area contributed by atoms with Gasteiger partial charge in [-0.25, -0.2) is 18.7 Å². The van der Waals surface area contributed by atoms with Crippen molar-refractivity contribution in [1.29, 1.82) is 0 Å². The van der Waals surface area contributed by atoms with Gasteiger partial charge in [0.05, 0.1) is 6.04 Å². The molecule has 166 valence electrons. The average molecular weight is 462 g/mol. The van der Waals surface area contributed by atoms with Crippen molar-refractivity contribution in [3.63, 3.8) is 0 Å². The highest BCUT2D eigenvalue weighted by Crippen LogP contribution is 2.31. The van der Waals surface area contributed by atoms with Crippen LogP contribution in [0.1, 0.15) is 52.1 Å². The Bertz CT molecular complexity index is 1000. The number of aromatic nitrogens is 3. The standard InChI is InChI=1S/C19H26ClF2N5O2S/c1-11(25-30(29)18(2,3)4)12-10-13(20)23-15-14(12)24-17(26(5)16(15)28)27-8-6-19(21,22)7-9-27/h10-11,25H,6-9H2,1-5H3/t11-,30-/m1/s1. The second-order valence-corrected chi connectivity index (χ2v) is 11.0. The van der Waals surface area contributed by atoms with Crippen molar-refractivity contribution in [2.45, 2.75) is 57.2 Å². The molecule has 30 heavy (non-hydrogen) atoms. The molecular weight excluding hydrogens is 436 g/mol. The van der Waals surface area contributed by atoms with Crippen molar-refractivity contribution in [3.8, 4) is 0 Å². The summed E-state index contributed by atoms with van der Waals surface area (Å²) in [5.41, 5.74) is 0.561. The number of rotatable bonds is 4. The third-order valence-electron chi connectivity index (χ3n) is 5.09. The van der Waals surface area contributed by atoms with E-state index in [1.807, 2.05) is 20.8 Å². The summed E-state index contributed by atoms with van der Waals surface area (Å²) in [6, 6.07) is 1.15. The lowest BCUT2D eigenvalue weighted by molar-refractivity contribution is -0.0223. The van der Waals surface area contributed by atoms with Crippen LogP contribution in [0.15, 0.2) is 10.9 Å². The molecule has 1 N–H and O–H groups in total. The number of fused-ring (bicyclic) bond motifs is 1. The topological polar surface area (TPSA) is 86.1 Å². The molecule has 0 saturated carbocycles. The van der Waals surface area contributed by atoms with Gasteiger partial charge < -0.3 is 9.45 Å². The predicted molar refractivity (Wildman–Crippen MR) is 116 cm³/mol. The molecule has 11 heteroatoms. The summed E-state index contributed by atoms with van der Waals surface area (Å²) in [6.07, 6.45) is -0.593. The van der Waals surface area contributed by atoms with Crippen LogP contribution in [0.3, 0.4) is 0 Å². The van der Waals surface area contributed by atoms with Gasteiger partial charge >= 0.3 is 0 Å². The smallest absolute Gasteiger partial charge is 0.281 e. The van der Waals surface area contributed by atoms with Crippen molar-refractivity contribution in [1.82, 2.24) is 19.3 Å². The molecule has 0 spiro atoms. The van der Waals surface area contributed by atoms with Gasteiger partial charge in [-0.3, -0.25) is 9.36 Å². The Morgan fingerprint density at radius 3 is 2.43 bits per heavy atom. The average Bonchev–Trinajstić information content (AvgIpc) is 2.64.